The summed E-state index contributed by atoms with van der Waals surface area (Å²) in [5.41, 5.74) is -0.246. The smallest absolute Gasteiger partial charge is 0.297 e. The Bertz CT molecular complexity index is 509. The minimum atomic E-state index is -0.393. The molecule has 0 saturated carbocycles. The Hall–Kier alpha value is -1.72. The van der Waals surface area contributed by atoms with Gasteiger partial charge in [0.15, 0.2) is 5.78 Å². The molecule has 0 radical (unpaired) electrons. The molecule has 2 heterocycles. The highest BCUT2D eigenvalue weighted by Crippen LogP contribution is 2.21. The van der Waals surface area contributed by atoms with Crippen LogP contribution < -0.4 is 10.9 Å². The van der Waals surface area contributed by atoms with Crippen molar-refractivity contribution in [2.75, 3.05) is 12.4 Å². The molecule has 0 spiro atoms. The van der Waals surface area contributed by atoms with Crippen LogP contribution in [0.15, 0.2) is 4.79 Å². The van der Waals surface area contributed by atoms with Crippen molar-refractivity contribution in [2.24, 2.45) is 0 Å². The van der Waals surface area contributed by atoms with Crippen LogP contribution in [-0.4, -0.2) is 27.6 Å². The first-order chi connectivity index (χ1) is 8.65. The molecular weight excluding hydrogens is 232 g/mol. The van der Waals surface area contributed by atoms with Crippen LogP contribution in [0.3, 0.4) is 0 Å². The molecule has 1 aromatic heterocycles. The summed E-state index contributed by atoms with van der Waals surface area (Å²) in [4.78, 5) is 24.0. The predicted octanol–water partition coefficient (Wildman–Crippen LogP) is 0.927. The van der Waals surface area contributed by atoms with Crippen molar-refractivity contribution in [3.8, 4) is 0 Å². The van der Waals surface area contributed by atoms with E-state index in [1.54, 1.807) is 7.05 Å². The molecule has 98 valence electrons. The number of hydrogen-bond acceptors (Lipinski definition) is 5. The summed E-state index contributed by atoms with van der Waals surface area (Å²) in [5, 5.41) is 10.7. The van der Waals surface area contributed by atoms with Crippen molar-refractivity contribution in [2.45, 2.75) is 45.1 Å². The third kappa shape index (κ3) is 2.27. The van der Waals surface area contributed by atoms with Gasteiger partial charge in [-0.2, -0.15) is 0 Å². The zero-order valence-corrected chi connectivity index (χ0v) is 10.8. The van der Waals surface area contributed by atoms with Crippen LogP contribution in [0.25, 0.3) is 0 Å². The van der Waals surface area contributed by atoms with Crippen LogP contribution in [0.1, 0.15) is 44.5 Å². The van der Waals surface area contributed by atoms with Gasteiger partial charge < -0.3 is 5.32 Å². The first kappa shape index (κ1) is 12.7. The largest absolute Gasteiger partial charge is 0.367 e. The highest BCUT2D eigenvalue weighted by atomic mass is 16.1. The summed E-state index contributed by atoms with van der Waals surface area (Å²) in [6, 6.07) is -0.393. The fourth-order valence-corrected chi connectivity index (χ4v) is 2.39. The minimum absolute atomic E-state index is 0.00954. The second-order valence-electron chi connectivity index (χ2n) is 4.62. The summed E-state index contributed by atoms with van der Waals surface area (Å²) in [6.45, 7) is 1.53. The van der Waals surface area contributed by atoms with Crippen LogP contribution >= 0.6 is 0 Å². The van der Waals surface area contributed by atoms with E-state index in [2.05, 4.69) is 15.5 Å². The molecule has 0 amide bonds. The van der Waals surface area contributed by atoms with Crippen LogP contribution in [-0.2, 0) is 11.2 Å². The van der Waals surface area contributed by atoms with Gasteiger partial charge in [0.2, 0.25) is 5.82 Å². The molecule has 6 nitrogen and oxygen atoms in total. The zero-order valence-electron chi connectivity index (χ0n) is 10.8. The van der Waals surface area contributed by atoms with E-state index in [4.69, 9.17) is 0 Å². The van der Waals surface area contributed by atoms with Crippen LogP contribution in [0, 0.1) is 0 Å². The topological polar surface area (TPSA) is 76.9 Å². The molecule has 0 aromatic carbocycles. The summed E-state index contributed by atoms with van der Waals surface area (Å²) in [6.07, 6.45) is 4.42. The Balaban J connectivity index is 2.59. The van der Waals surface area contributed by atoms with Gasteiger partial charge in [0.1, 0.15) is 5.82 Å². The second kappa shape index (κ2) is 5.29. The molecule has 1 N–H and O–H groups in total. The maximum absolute atomic E-state index is 12.3. The fourth-order valence-electron chi connectivity index (χ4n) is 2.39. The quantitative estimate of drug-likeness (QED) is 0.844. The van der Waals surface area contributed by atoms with Crippen molar-refractivity contribution in [1.82, 2.24) is 14.8 Å². The van der Waals surface area contributed by atoms with Gasteiger partial charge in [0, 0.05) is 13.5 Å². The lowest BCUT2D eigenvalue weighted by Gasteiger charge is -2.22. The molecule has 0 saturated heterocycles. The van der Waals surface area contributed by atoms with Crippen molar-refractivity contribution < 1.29 is 4.79 Å². The lowest BCUT2D eigenvalue weighted by molar-refractivity contribution is -0.120. The van der Waals surface area contributed by atoms with Gasteiger partial charge in [-0.3, -0.25) is 14.2 Å². The zero-order chi connectivity index (χ0) is 13.1. The Morgan fingerprint density at radius 1 is 1.33 bits per heavy atom. The number of anilines is 1. The Labute approximate surface area is 105 Å². The van der Waals surface area contributed by atoms with E-state index < -0.39 is 6.04 Å². The Kier molecular flexibility index (Phi) is 3.74. The lowest BCUT2D eigenvalue weighted by atomic mass is 10.0. The summed E-state index contributed by atoms with van der Waals surface area (Å²) in [7, 11) is 1.63. The van der Waals surface area contributed by atoms with E-state index in [0.717, 1.165) is 19.3 Å². The number of Topliss-reactive ketones (excluding diaryl/α,β-unsaturated/α-hetero) is 1. The molecule has 1 aliphatic heterocycles. The number of nitrogens with one attached hydrogen (secondary N) is 1. The summed E-state index contributed by atoms with van der Waals surface area (Å²) < 4.78 is 1.53. The molecule has 0 aliphatic carbocycles. The molecule has 0 fully saturated rings. The van der Waals surface area contributed by atoms with E-state index in [9.17, 15) is 9.59 Å². The SMILES string of the molecule is CNc1nnc2n(c1=O)C(C(C)=O)CCCCC2. The van der Waals surface area contributed by atoms with Gasteiger partial charge in [0.25, 0.3) is 5.56 Å². The van der Waals surface area contributed by atoms with Gasteiger partial charge in [-0.25, -0.2) is 0 Å². The number of fused-ring (bicyclic) bond motifs is 1. The number of carbonyl (C=O) groups excluding carboxylic acids is 1. The van der Waals surface area contributed by atoms with E-state index in [-0.39, 0.29) is 17.2 Å². The summed E-state index contributed by atoms with van der Waals surface area (Å²) >= 11 is 0. The second-order valence-corrected chi connectivity index (χ2v) is 4.62. The van der Waals surface area contributed by atoms with E-state index in [1.165, 1.54) is 11.5 Å². The average Bonchev–Trinajstić information content (AvgIpc) is 2.30. The van der Waals surface area contributed by atoms with E-state index in [1.807, 2.05) is 0 Å². The monoisotopic (exact) mass is 250 g/mol. The first-order valence-electron chi connectivity index (χ1n) is 6.31. The van der Waals surface area contributed by atoms with Crippen molar-refractivity contribution in [1.29, 1.82) is 0 Å². The van der Waals surface area contributed by atoms with Crippen molar-refractivity contribution in [3.63, 3.8) is 0 Å². The van der Waals surface area contributed by atoms with Crippen LogP contribution in [0.4, 0.5) is 5.82 Å². The molecule has 1 aliphatic rings. The number of nitrogens with zero attached hydrogens (tertiary/aromatic N) is 3. The number of rotatable bonds is 2. The number of hydrogen-bond donors (Lipinski definition) is 1. The first-order valence-corrected chi connectivity index (χ1v) is 6.31. The fraction of sp³-hybridized carbons (Fsp3) is 0.667. The molecule has 2 rings (SSSR count). The molecule has 18 heavy (non-hydrogen) atoms. The molecule has 6 heteroatoms. The Morgan fingerprint density at radius 3 is 2.78 bits per heavy atom. The third-order valence-electron chi connectivity index (χ3n) is 3.36. The Morgan fingerprint density at radius 2 is 2.11 bits per heavy atom. The number of aromatic nitrogens is 3. The standard InChI is InChI=1S/C12H18N4O2/c1-8(17)9-6-4-3-5-7-10-14-15-11(13-2)12(18)16(9)10/h9H,3-7H2,1-2H3,(H,13,15). The van der Waals surface area contributed by atoms with Crippen LogP contribution in [0.5, 0.6) is 0 Å². The number of ketones is 1. The maximum Gasteiger partial charge on any atom is 0.297 e. The van der Waals surface area contributed by atoms with Crippen LogP contribution in [0.2, 0.25) is 0 Å². The highest BCUT2D eigenvalue weighted by molar-refractivity contribution is 5.80. The number of aryl methyl sites for hydroxylation is 1. The molecule has 1 aromatic rings. The molecule has 1 unspecified atom stereocenters. The van der Waals surface area contributed by atoms with Gasteiger partial charge in [0.05, 0.1) is 6.04 Å². The average molecular weight is 250 g/mol. The highest BCUT2D eigenvalue weighted by Gasteiger charge is 2.24. The molecule has 1 atom stereocenters. The molecular formula is C12H18N4O2. The van der Waals surface area contributed by atoms with Crippen molar-refractivity contribution >= 4 is 11.6 Å². The van der Waals surface area contributed by atoms with Gasteiger partial charge in [-0.15, -0.1) is 10.2 Å². The van der Waals surface area contributed by atoms with Gasteiger partial charge >= 0.3 is 0 Å². The summed E-state index contributed by atoms with van der Waals surface area (Å²) in [5.74, 6) is 0.833. The molecule has 0 bridgehead atoms. The van der Waals surface area contributed by atoms with E-state index in [0.29, 0.717) is 18.7 Å². The normalized spacial score (nSPS) is 19.6. The van der Waals surface area contributed by atoms with Gasteiger partial charge in [-0.05, 0) is 19.8 Å². The number of carbonyl (C=O) groups is 1. The minimum Gasteiger partial charge on any atom is -0.367 e. The maximum atomic E-state index is 12.3. The van der Waals surface area contributed by atoms with Crippen molar-refractivity contribution in [3.05, 3.63) is 16.2 Å². The lowest BCUT2D eigenvalue weighted by Crippen LogP contribution is -2.35. The predicted molar refractivity (Wildman–Crippen MR) is 67.7 cm³/mol. The third-order valence-corrected chi connectivity index (χ3v) is 3.36. The van der Waals surface area contributed by atoms with Gasteiger partial charge in [-0.1, -0.05) is 12.8 Å². The van der Waals surface area contributed by atoms with E-state index >= 15 is 0 Å².